The number of primary sulfonamides is 1. The van der Waals surface area contributed by atoms with Crippen LogP contribution in [-0.2, 0) is 19.6 Å². The molecule has 1 atom stereocenters. The Hall–Kier alpha value is -2.46. The van der Waals surface area contributed by atoms with Crippen LogP contribution in [0.4, 0.5) is 5.69 Å². The number of primary amides is 1. The number of nitrogens with zero attached hydrogens (tertiary/aromatic N) is 2. The van der Waals surface area contributed by atoms with Gasteiger partial charge in [-0.15, -0.1) is 0 Å². The summed E-state index contributed by atoms with van der Waals surface area (Å²) in [5, 5.41) is 12.8. The number of para-hydroxylation sites is 1. The third-order valence-electron chi connectivity index (χ3n) is 3.19. The van der Waals surface area contributed by atoms with E-state index in [9.17, 15) is 18.0 Å². The fourth-order valence-corrected chi connectivity index (χ4v) is 2.48. The lowest BCUT2D eigenvalue weighted by molar-refractivity contribution is -0.119. The summed E-state index contributed by atoms with van der Waals surface area (Å²) in [6, 6.07) is 8.06. The van der Waals surface area contributed by atoms with Crippen molar-refractivity contribution in [1.82, 2.24) is 5.32 Å². The molecule has 1 aromatic rings. The van der Waals surface area contributed by atoms with Crippen molar-refractivity contribution in [3.63, 3.8) is 0 Å². The molecule has 5 N–H and O–H groups in total. The van der Waals surface area contributed by atoms with Gasteiger partial charge in [-0.1, -0.05) is 18.2 Å². The van der Waals surface area contributed by atoms with Crippen molar-refractivity contribution in [3.8, 4) is 0 Å². The molecule has 2 rings (SSSR count). The number of carbonyl (C=O) groups is 2. The Morgan fingerprint density at radius 3 is 2.52 bits per heavy atom. The predicted molar refractivity (Wildman–Crippen MR) is 84.9 cm³/mol. The molecule has 0 aromatic heterocycles. The van der Waals surface area contributed by atoms with Gasteiger partial charge in [0.2, 0.25) is 15.9 Å². The molecule has 0 bridgehead atoms. The van der Waals surface area contributed by atoms with Crippen molar-refractivity contribution >= 4 is 33.2 Å². The molecule has 9 nitrogen and oxygen atoms in total. The van der Waals surface area contributed by atoms with E-state index < -0.39 is 27.9 Å². The first-order chi connectivity index (χ1) is 10.8. The Balaban J connectivity index is 2.10. The molecule has 0 radical (unpaired) electrons. The molecule has 1 aliphatic rings. The molecular weight excluding hydrogens is 322 g/mol. The number of sulfonamides is 1. The van der Waals surface area contributed by atoms with Gasteiger partial charge >= 0.3 is 0 Å². The van der Waals surface area contributed by atoms with Gasteiger partial charge in [-0.3, -0.25) is 14.6 Å². The normalized spacial score (nSPS) is 17.7. The molecule has 2 amide bonds. The molecule has 0 saturated carbocycles. The number of hydrogen-bond acceptors (Lipinski definition) is 6. The van der Waals surface area contributed by atoms with E-state index in [2.05, 4.69) is 10.4 Å². The molecule has 0 saturated heterocycles. The highest BCUT2D eigenvalue weighted by atomic mass is 32.2. The summed E-state index contributed by atoms with van der Waals surface area (Å²) in [6.07, 6.45) is 0.0471. The lowest BCUT2D eigenvalue weighted by Gasteiger charge is -2.20. The first kappa shape index (κ1) is 16.9. The van der Waals surface area contributed by atoms with E-state index in [0.29, 0.717) is 5.69 Å². The maximum absolute atomic E-state index is 12.0. The van der Waals surface area contributed by atoms with Gasteiger partial charge in [0.1, 0.15) is 11.8 Å². The summed E-state index contributed by atoms with van der Waals surface area (Å²) in [4.78, 5) is 23.6. The highest BCUT2D eigenvalue weighted by Gasteiger charge is 2.34. The number of nitrogens with two attached hydrogens (primary N) is 2. The number of nitrogens with one attached hydrogen (secondary N) is 1. The third kappa shape index (κ3) is 4.50. The van der Waals surface area contributed by atoms with Crippen LogP contribution in [0.3, 0.4) is 0 Å². The van der Waals surface area contributed by atoms with Gasteiger partial charge in [-0.25, -0.2) is 13.6 Å². The molecule has 0 spiro atoms. The van der Waals surface area contributed by atoms with Gasteiger partial charge < -0.3 is 11.1 Å². The lowest BCUT2D eigenvalue weighted by atomic mass is 10.1. The van der Waals surface area contributed by atoms with E-state index >= 15 is 0 Å². The first-order valence-corrected chi connectivity index (χ1v) is 8.49. The quantitative estimate of drug-likeness (QED) is 0.577. The first-order valence-electron chi connectivity index (χ1n) is 6.77. The Labute approximate surface area is 133 Å². The van der Waals surface area contributed by atoms with Crippen molar-refractivity contribution < 1.29 is 18.0 Å². The van der Waals surface area contributed by atoms with Crippen LogP contribution < -0.4 is 21.2 Å². The highest BCUT2D eigenvalue weighted by molar-refractivity contribution is 7.89. The largest absolute Gasteiger partial charge is 0.368 e. The molecule has 1 heterocycles. The van der Waals surface area contributed by atoms with Crippen molar-refractivity contribution in [2.45, 2.75) is 12.5 Å². The summed E-state index contributed by atoms with van der Waals surface area (Å²) < 4.78 is 21.7. The number of hydrazone groups is 1. The number of anilines is 1. The number of carbonyl (C=O) groups excluding carboxylic acids is 2. The SMILES string of the molecule is NC(=O)[C@@H]1CC(C(=O)NCCS(N)(=O)=O)=NN1c1ccccc1. The average molecular weight is 339 g/mol. The van der Waals surface area contributed by atoms with Crippen molar-refractivity contribution in [3.05, 3.63) is 30.3 Å². The molecule has 1 aliphatic heterocycles. The van der Waals surface area contributed by atoms with E-state index in [1.54, 1.807) is 24.3 Å². The molecule has 23 heavy (non-hydrogen) atoms. The monoisotopic (exact) mass is 339 g/mol. The second-order valence-corrected chi connectivity index (χ2v) is 6.71. The van der Waals surface area contributed by atoms with E-state index in [0.717, 1.165) is 0 Å². The molecule has 0 unspecified atom stereocenters. The number of amides is 2. The number of rotatable bonds is 6. The maximum atomic E-state index is 12.0. The zero-order valence-electron chi connectivity index (χ0n) is 12.2. The van der Waals surface area contributed by atoms with Crippen molar-refractivity contribution in [2.24, 2.45) is 16.0 Å². The van der Waals surface area contributed by atoms with Gasteiger partial charge in [0.15, 0.2) is 0 Å². The second-order valence-electron chi connectivity index (χ2n) is 4.97. The Morgan fingerprint density at radius 2 is 1.96 bits per heavy atom. The number of benzene rings is 1. The van der Waals surface area contributed by atoms with Crippen LogP contribution in [0.1, 0.15) is 6.42 Å². The lowest BCUT2D eigenvalue weighted by Crippen LogP contribution is -2.40. The van der Waals surface area contributed by atoms with Crippen LogP contribution >= 0.6 is 0 Å². The van der Waals surface area contributed by atoms with Crippen LogP contribution in [0, 0.1) is 0 Å². The zero-order valence-corrected chi connectivity index (χ0v) is 13.0. The molecule has 0 fully saturated rings. The highest BCUT2D eigenvalue weighted by Crippen LogP contribution is 2.24. The zero-order chi connectivity index (χ0) is 17.0. The van der Waals surface area contributed by atoms with Gasteiger partial charge in [-0.2, -0.15) is 5.10 Å². The van der Waals surface area contributed by atoms with Crippen LogP contribution in [0.25, 0.3) is 0 Å². The van der Waals surface area contributed by atoms with E-state index in [1.807, 2.05) is 6.07 Å². The Morgan fingerprint density at radius 1 is 1.30 bits per heavy atom. The van der Waals surface area contributed by atoms with E-state index in [4.69, 9.17) is 10.9 Å². The smallest absolute Gasteiger partial charge is 0.267 e. The van der Waals surface area contributed by atoms with Gasteiger partial charge in [0, 0.05) is 13.0 Å². The number of hydrogen-bond donors (Lipinski definition) is 3. The molecule has 10 heteroatoms. The summed E-state index contributed by atoms with van der Waals surface area (Å²) in [5.74, 6) is -1.54. The topological polar surface area (TPSA) is 148 Å². The average Bonchev–Trinajstić information content (AvgIpc) is 2.92. The maximum Gasteiger partial charge on any atom is 0.267 e. The summed E-state index contributed by atoms with van der Waals surface area (Å²) in [7, 11) is -3.66. The van der Waals surface area contributed by atoms with Crippen LogP contribution in [0.2, 0.25) is 0 Å². The minimum Gasteiger partial charge on any atom is -0.368 e. The fraction of sp³-hybridized carbons (Fsp3) is 0.308. The van der Waals surface area contributed by atoms with E-state index in [1.165, 1.54) is 5.01 Å². The third-order valence-corrected chi connectivity index (χ3v) is 3.97. The second kappa shape index (κ2) is 6.75. The van der Waals surface area contributed by atoms with E-state index in [-0.39, 0.29) is 24.4 Å². The van der Waals surface area contributed by atoms with Gasteiger partial charge in [0.25, 0.3) is 5.91 Å². The summed E-state index contributed by atoms with van der Waals surface area (Å²) in [6.45, 7) is -0.136. The summed E-state index contributed by atoms with van der Waals surface area (Å²) >= 11 is 0. The molecule has 1 aromatic carbocycles. The minimum atomic E-state index is -3.66. The van der Waals surface area contributed by atoms with Gasteiger partial charge in [0.05, 0.1) is 11.4 Å². The fourth-order valence-electron chi connectivity index (χ4n) is 2.10. The Bertz CT molecular complexity index is 732. The van der Waals surface area contributed by atoms with Crippen molar-refractivity contribution in [1.29, 1.82) is 0 Å². The molecule has 124 valence electrons. The summed E-state index contributed by atoms with van der Waals surface area (Å²) in [5.41, 5.74) is 6.10. The minimum absolute atomic E-state index is 0.0471. The standard InChI is InChI=1S/C13H17N5O4S/c14-12(19)11-8-10(13(20)16-6-7-23(15,21)22)17-18(11)9-4-2-1-3-5-9/h1-5,11H,6-8H2,(H2,14,19)(H,16,20)(H2,15,21,22)/t11-/m0/s1. The van der Waals surface area contributed by atoms with Crippen molar-refractivity contribution in [2.75, 3.05) is 17.3 Å². The predicted octanol–water partition coefficient (Wildman–Crippen LogP) is -1.49. The van der Waals surface area contributed by atoms with Crippen LogP contribution in [-0.4, -0.2) is 44.3 Å². The Kier molecular flexibility index (Phi) is 4.96. The molecule has 0 aliphatic carbocycles. The van der Waals surface area contributed by atoms with Crippen LogP contribution in [0.15, 0.2) is 35.4 Å². The molecular formula is C13H17N5O4S. The van der Waals surface area contributed by atoms with Crippen LogP contribution in [0.5, 0.6) is 0 Å². The van der Waals surface area contributed by atoms with Gasteiger partial charge in [-0.05, 0) is 12.1 Å².